The van der Waals surface area contributed by atoms with E-state index in [0.29, 0.717) is 17.9 Å². The molecule has 0 aliphatic carbocycles. The highest BCUT2D eigenvalue weighted by molar-refractivity contribution is 6.25. The second-order valence-corrected chi connectivity index (χ2v) is 10.5. The number of rotatable bonds is 8. The normalized spacial score (nSPS) is 22.0. The summed E-state index contributed by atoms with van der Waals surface area (Å²) in [4.78, 5) is 68.3. The van der Waals surface area contributed by atoms with Gasteiger partial charge in [-0.3, -0.25) is 24.5 Å². The van der Waals surface area contributed by atoms with Gasteiger partial charge in [0.25, 0.3) is 5.69 Å². The molecule has 3 aliphatic rings. The molecule has 3 aromatic carbocycles. The molecule has 0 saturated carbocycles. The largest absolute Gasteiger partial charge is 0.462 e. The van der Waals surface area contributed by atoms with E-state index in [2.05, 4.69) is 0 Å². The lowest BCUT2D eigenvalue weighted by Gasteiger charge is -2.36. The summed E-state index contributed by atoms with van der Waals surface area (Å²) in [6.45, 7) is 2.29. The fraction of sp³-hybridized carbons (Fsp3) is 0.250. The monoisotopic (exact) mass is 565 g/mol. The number of amides is 2. The summed E-state index contributed by atoms with van der Waals surface area (Å²) in [5.74, 6) is -3.83. The Hall–Kier alpha value is -5.12. The Morgan fingerprint density at radius 2 is 1.67 bits per heavy atom. The molecule has 3 aromatic rings. The molecule has 3 aliphatic heterocycles. The van der Waals surface area contributed by atoms with Crippen LogP contribution >= 0.6 is 0 Å². The molecule has 2 fully saturated rings. The molecule has 0 unspecified atom stereocenters. The lowest BCUT2D eigenvalue weighted by molar-refractivity contribution is -0.384. The van der Waals surface area contributed by atoms with E-state index >= 15 is 0 Å². The van der Waals surface area contributed by atoms with Gasteiger partial charge >= 0.3 is 5.97 Å². The third-order valence-corrected chi connectivity index (χ3v) is 8.12. The maximum atomic E-state index is 14.1. The van der Waals surface area contributed by atoms with Crippen LogP contribution in [-0.2, 0) is 14.3 Å². The Bertz CT molecular complexity index is 1650. The van der Waals surface area contributed by atoms with E-state index in [4.69, 9.17) is 4.74 Å². The van der Waals surface area contributed by atoms with E-state index in [1.54, 1.807) is 0 Å². The molecule has 0 radical (unpaired) electrons. The van der Waals surface area contributed by atoms with Crippen LogP contribution in [0.2, 0.25) is 0 Å². The molecule has 4 atom stereocenters. The lowest BCUT2D eigenvalue weighted by Crippen LogP contribution is -2.48. The van der Waals surface area contributed by atoms with Crippen molar-refractivity contribution in [1.82, 2.24) is 0 Å². The summed E-state index contributed by atoms with van der Waals surface area (Å²) in [6.07, 6.45) is 5.35. The number of ether oxygens (including phenoxy) is 1. The fourth-order valence-electron chi connectivity index (χ4n) is 6.15. The molecule has 42 heavy (non-hydrogen) atoms. The third-order valence-electron chi connectivity index (χ3n) is 8.12. The molecule has 0 spiro atoms. The summed E-state index contributed by atoms with van der Waals surface area (Å²) in [6, 6.07) is 17.2. The highest BCUT2D eigenvalue weighted by Crippen LogP contribution is 2.49. The topological polar surface area (TPSA) is 127 Å². The summed E-state index contributed by atoms with van der Waals surface area (Å²) >= 11 is 0. The van der Waals surface area contributed by atoms with Gasteiger partial charge in [-0.15, -0.1) is 0 Å². The number of hydrogen-bond acceptors (Lipinski definition) is 8. The molecular formula is C32H27N3O7. The average molecular weight is 566 g/mol. The second kappa shape index (κ2) is 10.7. The third kappa shape index (κ3) is 4.36. The summed E-state index contributed by atoms with van der Waals surface area (Å²) in [7, 11) is 0. The van der Waals surface area contributed by atoms with Crippen molar-refractivity contribution >= 4 is 46.7 Å². The number of carbonyl (C=O) groups is 4. The number of Topliss-reactive ketones (excluding diaryl/α,β-unsaturated/α-hetero) is 1. The Morgan fingerprint density at radius 1 is 0.929 bits per heavy atom. The van der Waals surface area contributed by atoms with Gasteiger partial charge in [-0.1, -0.05) is 55.8 Å². The van der Waals surface area contributed by atoms with Crippen molar-refractivity contribution in [3.8, 4) is 0 Å². The van der Waals surface area contributed by atoms with Gasteiger partial charge in [-0.2, -0.15) is 0 Å². The zero-order chi connectivity index (χ0) is 29.5. The van der Waals surface area contributed by atoms with Gasteiger partial charge in [0.2, 0.25) is 11.8 Å². The fourth-order valence-corrected chi connectivity index (χ4v) is 6.15. The van der Waals surface area contributed by atoms with Crippen molar-refractivity contribution in [3.63, 3.8) is 0 Å². The molecule has 10 nitrogen and oxygen atoms in total. The smallest absolute Gasteiger partial charge is 0.338 e. The van der Waals surface area contributed by atoms with Gasteiger partial charge in [0.05, 0.1) is 40.7 Å². The summed E-state index contributed by atoms with van der Waals surface area (Å²) < 4.78 is 5.25. The van der Waals surface area contributed by atoms with Gasteiger partial charge in [-0.25, -0.2) is 9.69 Å². The molecular weight excluding hydrogens is 538 g/mol. The molecule has 0 bridgehead atoms. The number of nitro groups is 1. The Labute approximate surface area is 241 Å². The summed E-state index contributed by atoms with van der Waals surface area (Å²) in [5, 5.41) is 11.4. The number of nitrogens with zero attached hydrogens (tertiary/aromatic N) is 3. The number of ketones is 1. The van der Waals surface area contributed by atoms with Crippen LogP contribution in [0.3, 0.4) is 0 Å². The van der Waals surface area contributed by atoms with E-state index in [0.717, 1.165) is 23.3 Å². The number of non-ortho nitro benzene ring substituents is 1. The first-order valence-electron chi connectivity index (χ1n) is 13.8. The molecule has 6 rings (SSSR count). The minimum Gasteiger partial charge on any atom is -0.462 e. The SMILES string of the molecule is CCCCOC(=O)c1ccc(N2C(=O)[C@@H]3[C@@H](C2=O)[C@@H](C(=O)c2cccc([N+](=O)[O-])c2)N2c4ccccc4C=C[C@H]32)cc1. The van der Waals surface area contributed by atoms with Gasteiger partial charge in [-0.05, 0) is 42.3 Å². The zero-order valence-corrected chi connectivity index (χ0v) is 22.7. The Balaban J connectivity index is 1.37. The lowest BCUT2D eigenvalue weighted by atomic mass is 9.86. The molecule has 2 saturated heterocycles. The van der Waals surface area contributed by atoms with Crippen LogP contribution in [0.25, 0.3) is 6.08 Å². The molecule has 2 amide bonds. The number of imide groups is 1. The van der Waals surface area contributed by atoms with Crippen LogP contribution < -0.4 is 9.80 Å². The number of benzene rings is 3. The minimum atomic E-state index is -1.07. The van der Waals surface area contributed by atoms with Crippen LogP contribution in [0.5, 0.6) is 0 Å². The first-order valence-corrected chi connectivity index (χ1v) is 13.8. The average Bonchev–Trinajstić information content (AvgIpc) is 3.49. The van der Waals surface area contributed by atoms with E-state index in [1.807, 2.05) is 48.2 Å². The van der Waals surface area contributed by atoms with Gasteiger partial charge < -0.3 is 9.64 Å². The van der Waals surface area contributed by atoms with Crippen molar-refractivity contribution in [3.05, 3.63) is 106 Å². The molecule has 0 aromatic heterocycles. The predicted molar refractivity (Wildman–Crippen MR) is 154 cm³/mol. The number of unbranched alkanes of at least 4 members (excludes halogenated alkanes) is 1. The van der Waals surface area contributed by atoms with Crippen molar-refractivity contribution in [2.24, 2.45) is 11.8 Å². The van der Waals surface area contributed by atoms with Crippen LogP contribution in [-0.4, -0.2) is 47.2 Å². The molecule has 10 heteroatoms. The quantitative estimate of drug-likeness (QED) is 0.0950. The summed E-state index contributed by atoms with van der Waals surface area (Å²) in [5.41, 5.74) is 1.98. The molecule has 212 valence electrons. The Kier molecular flexibility index (Phi) is 6.89. The number of esters is 1. The van der Waals surface area contributed by atoms with Crippen LogP contribution in [0.15, 0.2) is 78.9 Å². The van der Waals surface area contributed by atoms with Crippen molar-refractivity contribution in [2.75, 3.05) is 16.4 Å². The number of anilines is 2. The molecule has 0 N–H and O–H groups in total. The molecule has 3 heterocycles. The van der Waals surface area contributed by atoms with Crippen molar-refractivity contribution in [1.29, 1.82) is 0 Å². The zero-order valence-electron chi connectivity index (χ0n) is 22.7. The van der Waals surface area contributed by atoms with Crippen molar-refractivity contribution < 1.29 is 28.8 Å². The van der Waals surface area contributed by atoms with Gasteiger partial charge in [0.15, 0.2) is 5.78 Å². The standard InChI is InChI=1S/C32H27N3O7/c1-2-3-17-42-32(39)20-11-14-22(15-12-20)33-30(37)26-25-16-13-19-7-4-5-10-24(19)34(25)28(27(26)31(33)38)29(36)21-8-6-9-23(18-21)35(40)41/h4-16,18,25-28H,2-3,17H2,1H3/t25-,26+,27-,28+/m1/s1. The van der Waals surface area contributed by atoms with E-state index in [9.17, 15) is 29.3 Å². The maximum Gasteiger partial charge on any atom is 0.338 e. The number of hydrogen-bond donors (Lipinski definition) is 0. The van der Waals surface area contributed by atoms with E-state index in [-0.39, 0.29) is 16.9 Å². The maximum absolute atomic E-state index is 14.1. The number of nitro benzene ring substituents is 1. The highest BCUT2D eigenvalue weighted by atomic mass is 16.6. The predicted octanol–water partition coefficient (Wildman–Crippen LogP) is 4.82. The van der Waals surface area contributed by atoms with Crippen LogP contribution in [0.1, 0.15) is 46.0 Å². The second-order valence-electron chi connectivity index (χ2n) is 10.5. The number of para-hydroxylation sites is 1. The van der Waals surface area contributed by atoms with Gasteiger partial charge in [0, 0.05) is 23.4 Å². The van der Waals surface area contributed by atoms with E-state index < -0.39 is 52.4 Å². The van der Waals surface area contributed by atoms with E-state index in [1.165, 1.54) is 48.5 Å². The first kappa shape index (κ1) is 27.1. The van der Waals surface area contributed by atoms with Crippen LogP contribution in [0.4, 0.5) is 17.1 Å². The van der Waals surface area contributed by atoms with Crippen LogP contribution in [0, 0.1) is 22.0 Å². The number of carbonyl (C=O) groups excluding carboxylic acids is 4. The highest BCUT2D eigenvalue weighted by Gasteiger charge is 2.64. The Morgan fingerprint density at radius 3 is 2.40 bits per heavy atom. The van der Waals surface area contributed by atoms with Crippen molar-refractivity contribution in [2.45, 2.75) is 31.8 Å². The first-order chi connectivity index (χ1) is 20.3. The van der Waals surface area contributed by atoms with Gasteiger partial charge in [0.1, 0.15) is 6.04 Å². The minimum absolute atomic E-state index is 0.0882. The number of fused-ring (bicyclic) bond motifs is 5.